The van der Waals surface area contributed by atoms with Gasteiger partial charge in [-0.05, 0) is 99.7 Å². The van der Waals surface area contributed by atoms with Crippen LogP contribution < -0.4 is 14.4 Å². The lowest BCUT2D eigenvalue weighted by molar-refractivity contribution is 0.0326. The van der Waals surface area contributed by atoms with E-state index in [0.29, 0.717) is 35.8 Å². The number of methoxy groups -OCH3 is 1. The molecule has 2 aliphatic heterocycles. The summed E-state index contributed by atoms with van der Waals surface area (Å²) in [4.78, 5) is 19.5. The molecule has 1 aliphatic carbocycles. The van der Waals surface area contributed by atoms with Gasteiger partial charge in [0, 0.05) is 83.1 Å². The minimum atomic E-state index is -1.03. The number of aryl methyl sites for hydroxylation is 1. The number of allylic oxidation sites excluding steroid dienone is 1. The number of fused-ring (bicyclic) bond motifs is 1. The zero-order valence-electron chi connectivity index (χ0n) is 35.0. The maximum Gasteiger partial charge on any atom is 0.150 e. The third-order valence-corrected chi connectivity index (χ3v) is 13.0. The van der Waals surface area contributed by atoms with E-state index >= 15 is 0 Å². The van der Waals surface area contributed by atoms with E-state index in [-0.39, 0.29) is 11.2 Å². The third kappa shape index (κ3) is 14.5. The molecule has 0 aromatic heterocycles. The molecule has 1 saturated heterocycles. The predicted molar refractivity (Wildman–Crippen MR) is 231 cm³/mol. The number of nitrogens with zero attached hydrogens (tertiary/aromatic N) is 3. The van der Waals surface area contributed by atoms with Gasteiger partial charge in [0.15, 0.2) is 0 Å². The van der Waals surface area contributed by atoms with Gasteiger partial charge in [-0.1, -0.05) is 56.7 Å². The third-order valence-electron chi connectivity index (χ3n) is 11.5. The molecule has 11 heteroatoms. The first-order valence-electron chi connectivity index (χ1n) is 20.3. The first-order valence-corrected chi connectivity index (χ1v) is 22.3. The van der Waals surface area contributed by atoms with Crippen molar-refractivity contribution in [3.05, 3.63) is 71.3 Å². The van der Waals surface area contributed by atoms with E-state index in [2.05, 4.69) is 100.0 Å². The SMILES string of the molecule is CCCc1ccccc1C1COc2ccc(C=O)cc2N(CC2CCC2C(/C=C/CC(C)C(C)S(=O)NC)CN(C)CCN2CCOCC2)C1.CCl.COC. The number of alkyl halides is 1. The van der Waals surface area contributed by atoms with Gasteiger partial charge in [0.05, 0.1) is 36.5 Å². The summed E-state index contributed by atoms with van der Waals surface area (Å²) >= 11 is 4.64. The average Bonchev–Trinajstić information content (AvgIpc) is 3.38. The number of ether oxygens (including phenoxy) is 3. The minimum absolute atomic E-state index is 0.0905. The second kappa shape index (κ2) is 25.8. The van der Waals surface area contributed by atoms with Crippen LogP contribution in [0, 0.1) is 23.7 Å². The van der Waals surface area contributed by atoms with E-state index in [1.807, 2.05) is 18.2 Å². The van der Waals surface area contributed by atoms with Crippen LogP contribution in [-0.2, 0) is 26.9 Å². The summed E-state index contributed by atoms with van der Waals surface area (Å²) in [5.74, 6) is 3.00. The van der Waals surface area contributed by atoms with Gasteiger partial charge < -0.3 is 24.0 Å². The van der Waals surface area contributed by atoms with E-state index in [1.54, 1.807) is 21.3 Å². The fourth-order valence-corrected chi connectivity index (χ4v) is 8.93. The molecule has 2 aromatic rings. The Bertz CT molecular complexity index is 1440. The lowest BCUT2D eigenvalue weighted by Gasteiger charge is -2.45. The van der Waals surface area contributed by atoms with Crippen LogP contribution in [0.2, 0.25) is 0 Å². The van der Waals surface area contributed by atoms with E-state index in [0.717, 1.165) is 96.0 Å². The number of hydrogen-bond acceptors (Lipinski definition) is 8. The molecular weight excluding hydrogens is 732 g/mol. The molecule has 310 valence electrons. The van der Waals surface area contributed by atoms with Crippen LogP contribution in [0.15, 0.2) is 54.6 Å². The number of hydrogen-bond donors (Lipinski definition) is 1. The zero-order valence-corrected chi connectivity index (χ0v) is 36.6. The van der Waals surface area contributed by atoms with Crippen LogP contribution in [0.4, 0.5) is 5.69 Å². The molecule has 7 atom stereocenters. The van der Waals surface area contributed by atoms with Gasteiger partial charge in [-0.2, -0.15) is 0 Å². The number of carbonyl (C=O) groups excluding carboxylic acids is 1. The molecule has 9 nitrogen and oxygen atoms in total. The minimum Gasteiger partial charge on any atom is -0.491 e. The van der Waals surface area contributed by atoms with Gasteiger partial charge in [0.25, 0.3) is 0 Å². The van der Waals surface area contributed by atoms with Crippen LogP contribution in [-0.4, -0.2) is 126 Å². The molecule has 1 N–H and O–H groups in total. The fourth-order valence-electron chi connectivity index (χ4n) is 8.03. The second-order valence-corrected chi connectivity index (χ2v) is 17.1. The molecular formula is C44H71ClN4O5S. The van der Waals surface area contributed by atoms with Gasteiger partial charge in [-0.3, -0.25) is 9.69 Å². The Morgan fingerprint density at radius 3 is 2.49 bits per heavy atom. The lowest BCUT2D eigenvalue weighted by Crippen LogP contribution is -2.45. The summed E-state index contributed by atoms with van der Waals surface area (Å²) in [6.45, 7) is 15.8. The van der Waals surface area contributed by atoms with Crippen molar-refractivity contribution in [3.8, 4) is 5.75 Å². The molecule has 1 saturated carbocycles. The number of anilines is 1. The van der Waals surface area contributed by atoms with E-state index in [4.69, 9.17) is 9.47 Å². The van der Waals surface area contributed by atoms with Crippen LogP contribution in [0.1, 0.15) is 73.9 Å². The summed E-state index contributed by atoms with van der Waals surface area (Å²) < 4.78 is 31.7. The quantitative estimate of drug-likeness (QED) is 0.0956. The van der Waals surface area contributed by atoms with Crippen molar-refractivity contribution in [1.82, 2.24) is 14.5 Å². The molecule has 0 spiro atoms. The maximum absolute atomic E-state index is 12.4. The average molecular weight is 804 g/mol. The number of halogens is 1. The predicted octanol–water partition coefficient (Wildman–Crippen LogP) is 7.31. The molecule has 0 amide bonds. The summed E-state index contributed by atoms with van der Waals surface area (Å²) in [6.07, 6.45) is 12.8. The highest BCUT2D eigenvalue weighted by molar-refractivity contribution is 7.83. The summed E-state index contributed by atoms with van der Waals surface area (Å²) in [6, 6.07) is 14.8. The van der Waals surface area contributed by atoms with Gasteiger partial charge in [0.2, 0.25) is 0 Å². The number of nitrogens with one attached hydrogen (secondary N) is 1. The number of carbonyl (C=O) groups is 1. The Labute approximate surface area is 341 Å². The van der Waals surface area contributed by atoms with Crippen LogP contribution in [0.3, 0.4) is 0 Å². The number of benzene rings is 2. The highest BCUT2D eigenvalue weighted by Gasteiger charge is 2.39. The van der Waals surface area contributed by atoms with Crippen molar-refractivity contribution >= 4 is 34.6 Å². The first kappa shape index (κ1) is 47.1. The zero-order chi connectivity index (χ0) is 40.2. The number of likely N-dealkylation sites (N-methyl/N-ethyl adjacent to an activating group) is 1. The molecule has 2 fully saturated rings. The van der Waals surface area contributed by atoms with E-state index in [1.165, 1.54) is 30.4 Å². The van der Waals surface area contributed by atoms with Crippen LogP contribution >= 0.6 is 11.6 Å². The Morgan fingerprint density at radius 2 is 1.84 bits per heavy atom. The molecule has 55 heavy (non-hydrogen) atoms. The van der Waals surface area contributed by atoms with Crippen molar-refractivity contribution in [1.29, 1.82) is 0 Å². The van der Waals surface area contributed by atoms with E-state index < -0.39 is 11.0 Å². The van der Waals surface area contributed by atoms with Crippen molar-refractivity contribution in [3.63, 3.8) is 0 Å². The summed E-state index contributed by atoms with van der Waals surface area (Å²) in [5, 5.41) is 0.0905. The molecule has 5 rings (SSSR count). The van der Waals surface area contributed by atoms with Gasteiger partial charge in [-0.15, -0.1) is 11.6 Å². The molecule has 0 radical (unpaired) electrons. The lowest BCUT2D eigenvalue weighted by atomic mass is 9.66. The van der Waals surface area contributed by atoms with Gasteiger partial charge >= 0.3 is 0 Å². The monoisotopic (exact) mass is 802 g/mol. The smallest absolute Gasteiger partial charge is 0.150 e. The topological polar surface area (TPSA) is 83.6 Å². The van der Waals surface area contributed by atoms with Crippen molar-refractivity contribution in [2.24, 2.45) is 23.7 Å². The Kier molecular flexibility index (Phi) is 22.1. The number of aldehydes is 1. The largest absolute Gasteiger partial charge is 0.491 e. The highest BCUT2D eigenvalue weighted by atomic mass is 35.5. The number of rotatable bonds is 18. The van der Waals surface area contributed by atoms with Gasteiger partial charge in [-0.25, -0.2) is 8.93 Å². The molecule has 3 aliphatic rings. The number of morpholine rings is 1. The first-order chi connectivity index (χ1) is 26.7. The molecule has 2 heterocycles. The standard InChI is InChI=1S/C41H62N4O4S.C2H6O.CH3Cl/c1-6-10-34-12-7-8-14-38(34)37-28-45(40-25-33(29-46)15-18-41(40)49-30-37)27-36-16-17-39(36)35(13-9-11-31(2)32(3)50(47)42-4)26-43(5)19-20-44-21-23-48-24-22-44;1-3-2;1-2/h7-9,12-15,18,25,29,31-32,35-37,39,42H,6,10-11,16-17,19-24,26-28,30H2,1-5H3;1-2H3;1H3/b13-9+;;. The second-order valence-electron chi connectivity index (χ2n) is 15.3. The summed E-state index contributed by atoms with van der Waals surface area (Å²) in [7, 11) is 6.27. The molecule has 7 unspecified atom stereocenters. The Balaban J connectivity index is 0.00000155. The van der Waals surface area contributed by atoms with Crippen molar-refractivity contribution in [2.75, 3.05) is 105 Å². The van der Waals surface area contributed by atoms with Crippen LogP contribution in [0.5, 0.6) is 5.75 Å². The Morgan fingerprint density at radius 1 is 1.11 bits per heavy atom. The van der Waals surface area contributed by atoms with Crippen LogP contribution in [0.25, 0.3) is 0 Å². The highest BCUT2D eigenvalue weighted by Crippen LogP contribution is 2.44. The molecule has 2 aromatic carbocycles. The van der Waals surface area contributed by atoms with Gasteiger partial charge in [0.1, 0.15) is 12.0 Å². The Hall–Kier alpha value is -2.31. The van der Waals surface area contributed by atoms with Crippen molar-refractivity contribution < 1.29 is 23.2 Å². The maximum atomic E-state index is 12.4. The van der Waals surface area contributed by atoms with Crippen molar-refractivity contribution in [2.45, 2.75) is 64.0 Å². The fraction of sp³-hybridized carbons (Fsp3) is 0.659. The summed E-state index contributed by atoms with van der Waals surface area (Å²) in [5.41, 5.74) is 4.54. The normalized spacial score (nSPS) is 22.1. The van der Waals surface area contributed by atoms with E-state index in [9.17, 15) is 9.00 Å². The molecule has 0 bridgehead atoms.